The van der Waals surface area contributed by atoms with E-state index in [-0.39, 0.29) is 11.9 Å². The Bertz CT molecular complexity index is 752. The van der Waals surface area contributed by atoms with Crippen LogP contribution in [-0.2, 0) is 0 Å². The van der Waals surface area contributed by atoms with E-state index >= 15 is 0 Å². The first-order chi connectivity index (χ1) is 10.7. The number of hydrogen-bond donors (Lipinski definition) is 1. The number of carbonyl (C=O) groups excluding carboxylic acids is 1. The maximum atomic E-state index is 12.8. The second-order valence-electron chi connectivity index (χ2n) is 5.02. The van der Waals surface area contributed by atoms with Crippen LogP contribution in [0.1, 0.15) is 28.2 Å². The summed E-state index contributed by atoms with van der Waals surface area (Å²) in [6.45, 7) is 1.99. The van der Waals surface area contributed by atoms with Crippen molar-refractivity contribution in [2.24, 2.45) is 0 Å². The summed E-state index contributed by atoms with van der Waals surface area (Å²) in [5.41, 5.74) is 4.04. The summed E-state index contributed by atoms with van der Waals surface area (Å²) in [5, 5.41) is 6.97. The van der Waals surface area contributed by atoms with Crippen molar-refractivity contribution in [3.8, 4) is 11.3 Å². The van der Waals surface area contributed by atoms with E-state index in [2.05, 4.69) is 15.2 Å². The van der Waals surface area contributed by atoms with Crippen LogP contribution in [0.15, 0.2) is 48.2 Å². The molecule has 1 atom stereocenters. The van der Waals surface area contributed by atoms with Gasteiger partial charge in [-0.15, -0.1) is 11.3 Å². The molecule has 0 bridgehead atoms. The molecule has 0 saturated carbocycles. The molecule has 5 nitrogen and oxygen atoms in total. The molecule has 1 amide bonds. The number of aromatic amines is 1. The molecule has 22 heavy (non-hydrogen) atoms. The largest absolute Gasteiger partial charge is 0.334 e. The van der Waals surface area contributed by atoms with Gasteiger partial charge in [0.1, 0.15) is 0 Å². The van der Waals surface area contributed by atoms with Crippen LogP contribution in [0, 0.1) is 0 Å². The van der Waals surface area contributed by atoms with Gasteiger partial charge in [-0.1, -0.05) is 30.3 Å². The van der Waals surface area contributed by atoms with E-state index in [1.165, 1.54) is 0 Å². The summed E-state index contributed by atoms with van der Waals surface area (Å²) < 4.78 is 0. The number of carbonyl (C=O) groups is 1. The van der Waals surface area contributed by atoms with Crippen molar-refractivity contribution in [2.75, 3.05) is 7.05 Å². The first kappa shape index (κ1) is 14.5. The van der Waals surface area contributed by atoms with Crippen molar-refractivity contribution in [1.29, 1.82) is 0 Å². The number of rotatable bonds is 4. The third-order valence-corrected chi connectivity index (χ3v) is 4.64. The first-order valence-electron chi connectivity index (χ1n) is 6.93. The first-order valence-corrected chi connectivity index (χ1v) is 7.80. The molecule has 0 radical (unpaired) electrons. The van der Waals surface area contributed by atoms with Crippen LogP contribution in [0.2, 0.25) is 0 Å². The lowest BCUT2D eigenvalue weighted by molar-refractivity contribution is 0.0745. The van der Waals surface area contributed by atoms with Gasteiger partial charge in [-0.05, 0) is 6.92 Å². The molecule has 6 heteroatoms. The average Bonchev–Trinajstić information content (AvgIpc) is 3.24. The van der Waals surface area contributed by atoms with Gasteiger partial charge in [0.2, 0.25) is 0 Å². The standard InChI is InChI=1S/C16H16N4OS/c1-11(14-9-17-10-22-14)20(2)16(21)13-8-18-19-15(13)12-6-4-3-5-7-12/h3-11H,1-2H3,(H,18,19)/t11-/m1/s1. The van der Waals surface area contributed by atoms with E-state index in [1.54, 1.807) is 41.2 Å². The maximum absolute atomic E-state index is 12.8. The minimum atomic E-state index is -0.0616. The molecular formula is C16H16N4OS. The van der Waals surface area contributed by atoms with Gasteiger partial charge < -0.3 is 4.90 Å². The Morgan fingerprint density at radius 3 is 2.73 bits per heavy atom. The molecule has 0 unspecified atom stereocenters. The number of amides is 1. The molecule has 3 rings (SSSR count). The number of H-pyrrole nitrogens is 1. The SMILES string of the molecule is C[C@H](c1cncs1)N(C)C(=O)c1cn[nH]c1-c1ccccc1. The van der Waals surface area contributed by atoms with Gasteiger partial charge >= 0.3 is 0 Å². The van der Waals surface area contributed by atoms with Crippen molar-refractivity contribution in [3.05, 3.63) is 58.7 Å². The summed E-state index contributed by atoms with van der Waals surface area (Å²) in [6.07, 6.45) is 3.38. The van der Waals surface area contributed by atoms with Crippen LogP contribution in [-0.4, -0.2) is 33.0 Å². The van der Waals surface area contributed by atoms with Gasteiger partial charge in [-0.25, -0.2) is 0 Å². The number of hydrogen-bond acceptors (Lipinski definition) is 4. The molecule has 112 valence electrons. The van der Waals surface area contributed by atoms with Crippen LogP contribution in [0.5, 0.6) is 0 Å². The number of aromatic nitrogens is 3. The summed E-state index contributed by atoms with van der Waals surface area (Å²) >= 11 is 1.55. The molecule has 0 saturated heterocycles. The second-order valence-corrected chi connectivity index (χ2v) is 5.94. The van der Waals surface area contributed by atoms with Crippen molar-refractivity contribution in [1.82, 2.24) is 20.1 Å². The topological polar surface area (TPSA) is 61.9 Å². The Morgan fingerprint density at radius 1 is 1.27 bits per heavy atom. The van der Waals surface area contributed by atoms with Crippen LogP contribution in [0.25, 0.3) is 11.3 Å². The number of nitrogens with one attached hydrogen (secondary N) is 1. The van der Waals surface area contributed by atoms with Crippen LogP contribution in [0.3, 0.4) is 0 Å². The zero-order valence-electron chi connectivity index (χ0n) is 12.4. The van der Waals surface area contributed by atoms with Gasteiger partial charge in [0.15, 0.2) is 0 Å². The van der Waals surface area contributed by atoms with Crippen molar-refractivity contribution >= 4 is 17.2 Å². The van der Waals surface area contributed by atoms with E-state index in [9.17, 15) is 4.79 Å². The highest BCUT2D eigenvalue weighted by Gasteiger charge is 2.23. The van der Waals surface area contributed by atoms with Gasteiger partial charge in [0.25, 0.3) is 5.91 Å². The Balaban J connectivity index is 1.89. The lowest BCUT2D eigenvalue weighted by Crippen LogP contribution is -2.29. The summed E-state index contributed by atoms with van der Waals surface area (Å²) in [6, 6.07) is 9.70. The van der Waals surface area contributed by atoms with Gasteiger partial charge in [-0.2, -0.15) is 5.10 Å². The van der Waals surface area contributed by atoms with E-state index in [0.29, 0.717) is 5.56 Å². The van der Waals surface area contributed by atoms with E-state index in [1.807, 2.05) is 37.3 Å². The molecule has 0 aliphatic heterocycles. The average molecular weight is 312 g/mol. The number of thiazole rings is 1. The minimum Gasteiger partial charge on any atom is -0.334 e. The molecule has 3 aromatic rings. The highest BCUT2D eigenvalue weighted by molar-refractivity contribution is 7.09. The Labute approximate surface area is 132 Å². The molecular weight excluding hydrogens is 296 g/mol. The van der Waals surface area contributed by atoms with Crippen LogP contribution < -0.4 is 0 Å². The highest BCUT2D eigenvalue weighted by atomic mass is 32.1. The fourth-order valence-electron chi connectivity index (χ4n) is 2.26. The number of nitrogens with zero attached hydrogens (tertiary/aromatic N) is 3. The van der Waals surface area contributed by atoms with Crippen molar-refractivity contribution < 1.29 is 4.79 Å². The summed E-state index contributed by atoms with van der Waals surface area (Å²) in [7, 11) is 1.80. The fraction of sp³-hybridized carbons (Fsp3) is 0.188. The van der Waals surface area contributed by atoms with Crippen LogP contribution >= 0.6 is 11.3 Å². The lowest BCUT2D eigenvalue weighted by Gasteiger charge is -2.23. The van der Waals surface area contributed by atoms with E-state index in [0.717, 1.165) is 16.1 Å². The zero-order chi connectivity index (χ0) is 15.5. The fourth-order valence-corrected chi connectivity index (χ4v) is 2.98. The third-order valence-electron chi connectivity index (χ3n) is 3.70. The quantitative estimate of drug-likeness (QED) is 0.803. The Morgan fingerprint density at radius 2 is 2.05 bits per heavy atom. The van der Waals surface area contributed by atoms with Crippen molar-refractivity contribution in [3.63, 3.8) is 0 Å². The van der Waals surface area contributed by atoms with Gasteiger partial charge in [0, 0.05) is 23.7 Å². The normalized spacial score (nSPS) is 12.1. The minimum absolute atomic E-state index is 0.0291. The Kier molecular flexibility index (Phi) is 4.02. The molecule has 1 N–H and O–H groups in total. The maximum Gasteiger partial charge on any atom is 0.257 e. The molecule has 0 spiro atoms. The van der Waals surface area contributed by atoms with E-state index < -0.39 is 0 Å². The summed E-state index contributed by atoms with van der Waals surface area (Å²) in [4.78, 5) is 19.6. The zero-order valence-corrected chi connectivity index (χ0v) is 13.2. The highest BCUT2D eigenvalue weighted by Crippen LogP contribution is 2.27. The van der Waals surface area contributed by atoms with Crippen molar-refractivity contribution in [2.45, 2.75) is 13.0 Å². The molecule has 2 heterocycles. The van der Waals surface area contributed by atoms with E-state index in [4.69, 9.17) is 0 Å². The second kappa shape index (κ2) is 6.11. The Hall–Kier alpha value is -2.47. The lowest BCUT2D eigenvalue weighted by atomic mass is 10.1. The monoisotopic (exact) mass is 312 g/mol. The third kappa shape index (κ3) is 2.65. The molecule has 2 aromatic heterocycles. The summed E-state index contributed by atoms with van der Waals surface area (Å²) in [5.74, 6) is -0.0616. The molecule has 0 aliphatic carbocycles. The predicted molar refractivity (Wildman–Crippen MR) is 86.6 cm³/mol. The number of benzene rings is 1. The molecule has 0 fully saturated rings. The predicted octanol–water partition coefficient (Wildman–Crippen LogP) is 3.37. The van der Waals surface area contributed by atoms with Gasteiger partial charge in [0.05, 0.1) is 29.0 Å². The van der Waals surface area contributed by atoms with Gasteiger partial charge in [-0.3, -0.25) is 14.9 Å². The smallest absolute Gasteiger partial charge is 0.257 e. The van der Waals surface area contributed by atoms with Crippen LogP contribution in [0.4, 0.5) is 0 Å². The molecule has 0 aliphatic rings. The molecule has 1 aromatic carbocycles.